The summed E-state index contributed by atoms with van der Waals surface area (Å²) < 4.78 is 1.65. The zero-order chi connectivity index (χ0) is 16.2. The molecule has 6 heteroatoms. The second-order valence-corrected chi connectivity index (χ2v) is 5.13. The summed E-state index contributed by atoms with van der Waals surface area (Å²) in [5, 5.41) is 16.9. The van der Waals surface area contributed by atoms with Crippen LogP contribution in [0.4, 0.5) is 0 Å². The molecular weight excluding hydrogens is 292 g/mol. The van der Waals surface area contributed by atoms with Crippen molar-refractivity contribution in [2.75, 3.05) is 0 Å². The van der Waals surface area contributed by atoms with Crippen molar-refractivity contribution >= 4 is 5.91 Å². The van der Waals surface area contributed by atoms with E-state index in [-0.39, 0.29) is 17.2 Å². The summed E-state index contributed by atoms with van der Waals surface area (Å²) in [5.41, 5.74) is 1.83. The van der Waals surface area contributed by atoms with Crippen LogP contribution in [0.2, 0.25) is 0 Å². The highest BCUT2D eigenvalue weighted by molar-refractivity contribution is 5.97. The van der Waals surface area contributed by atoms with Crippen molar-refractivity contribution in [3.8, 4) is 11.6 Å². The van der Waals surface area contributed by atoms with Gasteiger partial charge in [0.25, 0.3) is 5.91 Å². The van der Waals surface area contributed by atoms with Gasteiger partial charge < -0.3 is 10.4 Å². The molecule has 2 aromatic heterocycles. The molecule has 1 aromatic carbocycles. The van der Waals surface area contributed by atoms with Crippen LogP contribution in [0.5, 0.6) is 5.75 Å². The van der Waals surface area contributed by atoms with Crippen molar-refractivity contribution in [3.63, 3.8) is 0 Å². The number of aromatic nitrogens is 3. The molecule has 0 aliphatic rings. The lowest BCUT2D eigenvalue weighted by Crippen LogP contribution is -2.23. The number of hydrogen-bond donors (Lipinski definition) is 2. The molecule has 0 fully saturated rings. The van der Waals surface area contributed by atoms with Crippen molar-refractivity contribution in [1.29, 1.82) is 0 Å². The third-order valence-electron chi connectivity index (χ3n) is 3.48. The van der Waals surface area contributed by atoms with Crippen molar-refractivity contribution in [2.24, 2.45) is 0 Å². The molecule has 0 spiro atoms. The van der Waals surface area contributed by atoms with E-state index in [1.54, 1.807) is 48.4 Å². The van der Waals surface area contributed by atoms with E-state index in [1.165, 1.54) is 0 Å². The molecule has 0 unspecified atom stereocenters. The monoisotopic (exact) mass is 308 g/mol. The standard InChI is InChI=1S/C17H16N4O2/c1-12-4-2-5-14(16(12)22)17(23)19-11-13-6-8-18-15(10-13)21-9-3-7-20-21/h2-10,22H,11H2,1H3,(H,19,23). The third-order valence-corrected chi connectivity index (χ3v) is 3.48. The van der Waals surface area contributed by atoms with Crippen LogP contribution < -0.4 is 5.32 Å². The molecule has 0 saturated carbocycles. The van der Waals surface area contributed by atoms with E-state index in [0.29, 0.717) is 17.9 Å². The Balaban J connectivity index is 1.72. The van der Waals surface area contributed by atoms with Gasteiger partial charge in [-0.1, -0.05) is 12.1 Å². The lowest BCUT2D eigenvalue weighted by Gasteiger charge is -2.09. The first-order chi connectivity index (χ1) is 11.1. The number of amides is 1. The maximum absolute atomic E-state index is 12.2. The van der Waals surface area contributed by atoms with Crippen LogP contribution in [0.1, 0.15) is 21.5 Å². The van der Waals surface area contributed by atoms with Gasteiger partial charge in [0.1, 0.15) is 5.75 Å². The van der Waals surface area contributed by atoms with Crippen LogP contribution in [0, 0.1) is 6.92 Å². The molecule has 0 saturated heterocycles. The zero-order valence-electron chi connectivity index (χ0n) is 12.6. The van der Waals surface area contributed by atoms with Crippen LogP contribution in [0.25, 0.3) is 5.82 Å². The minimum absolute atomic E-state index is 0.0111. The molecule has 0 aliphatic carbocycles. The van der Waals surface area contributed by atoms with Crippen molar-refractivity contribution in [2.45, 2.75) is 13.5 Å². The molecule has 0 bridgehead atoms. The zero-order valence-corrected chi connectivity index (χ0v) is 12.6. The molecule has 0 radical (unpaired) electrons. The van der Waals surface area contributed by atoms with Crippen LogP contribution in [-0.4, -0.2) is 25.8 Å². The summed E-state index contributed by atoms with van der Waals surface area (Å²) in [6, 6.07) is 10.6. The number of hydrogen-bond acceptors (Lipinski definition) is 4. The second-order valence-electron chi connectivity index (χ2n) is 5.13. The smallest absolute Gasteiger partial charge is 0.255 e. The largest absolute Gasteiger partial charge is 0.507 e. The fourth-order valence-corrected chi connectivity index (χ4v) is 2.22. The number of carbonyl (C=O) groups excluding carboxylic acids is 1. The quantitative estimate of drug-likeness (QED) is 0.774. The lowest BCUT2D eigenvalue weighted by atomic mass is 10.1. The van der Waals surface area contributed by atoms with Gasteiger partial charge in [-0.2, -0.15) is 5.10 Å². The summed E-state index contributed by atoms with van der Waals surface area (Å²) in [6.45, 7) is 2.09. The number of aromatic hydroxyl groups is 1. The Kier molecular flexibility index (Phi) is 4.05. The highest BCUT2D eigenvalue weighted by atomic mass is 16.3. The van der Waals surface area contributed by atoms with Crippen LogP contribution in [-0.2, 0) is 6.54 Å². The molecular formula is C17H16N4O2. The Morgan fingerprint density at radius 2 is 2.13 bits per heavy atom. The minimum atomic E-state index is -0.316. The number of benzene rings is 1. The molecule has 2 N–H and O–H groups in total. The fraction of sp³-hybridized carbons (Fsp3) is 0.118. The van der Waals surface area contributed by atoms with E-state index in [2.05, 4.69) is 15.4 Å². The van der Waals surface area contributed by atoms with E-state index < -0.39 is 0 Å². The Bertz CT molecular complexity index is 828. The van der Waals surface area contributed by atoms with Crippen LogP contribution >= 0.6 is 0 Å². The first-order valence-corrected chi connectivity index (χ1v) is 7.17. The minimum Gasteiger partial charge on any atom is -0.507 e. The van der Waals surface area contributed by atoms with Gasteiger partial charge in [0.2, 0.25) is 0 Å². The molecule has 2 heterocycles. The van der Waals surface area contributed by atoms with Gasteiger partial charge in [0.15, 0.2) is 5.82 Å². The average Bonchev–Trinajstić information content (AvgIpc) is 3.10. The van der Waals surface area contributed by atoms with Gasteiger partial charge in [0.05, 0.1) is 5.56 Å². The normalized spacial score (nSPS) is 10.5. The summed E-state index contributed by atoms with van der Waals surface area (Å²) in [6.07, 6.45) is 5.15. The van der Waals surface area contributed by atoms with Gasteiger partial charge in [-0.3, -0.25) is 4.79 Å². The maximum Gasteiger partial charge on any atom is 0.255 e. The Labute approximate surface area is 133 Å². The second kappa shape index (κ2) is 6.31. The topological polar surface area (TPSA) is 80.0 Å². The molecule has 3 aromatic rings. The van der Waals surface area contributed by atoms with E-state index in [4.69, 9.17) is 0 Å². The molecule has 3 rings (SSSR count). The van der Waals surface area contributed by atoms with Crippen molar-refractivity contribution < 1.29 is 9.90 Å². The predicted molar refractivity (Wildman–Crippen MR) is 85.4 cm³/mol. The Morgan fingerprint density at radius 3 is 2.91 bits per heavy atom. The highest BCUT2D eigenvalue weighted by Crippen LogP contribution is 2.21. The van der Waals surface area contributed by atoms with Crippen LogP contribution in [0.15, 0.2) is 55.0 Å². The van der Waals surface area contributed by atoms with E-state index in [0.717, 1.165) is 5.56 Å². The van der Waals surface area contributed by atoms with Gasteiger partial charge in [-0.25, -0.2) is 9.67 Å². The predicted octanol–water partition coefficient (Wildman–Crippen LogP) is 2.21. The molecule has 0 atom stereocenters. The number of rotatable bonds is 4. The van der Waals surface area contributed by atoms with Gasteiger partial charge >= 0.3 is 0 Å². The lowest BCUT2D eigenvalue weighted by molar-refractivity contribution is 0.0948. The average molecular weight is 308 g/mol. The maximum atomic E-state index is 12.2. The number of nitrogens with one attached hydrogen (secondary N) is 1. The van der Waals surface area contributed by atoms with E-state index >= 15 is 0 Å². The Hall–Kier alpha value is -3.15. The Morgan fingerprint density at radius 1 is 1.26 bits per heavy atom. The fourth-order valence-electron chi connectivity index (χ4n) is 2.22. The molecule has 6 nitrogen and oxygen atoms in total. The summed E-state index contributed by atoms with van der Waals surface area (Å²) >= 11 is 0. The summed E-state index contributed by atoms with van der Waals surface area (Å²) in [5.74, 6) is 0.376. The van der Waals surface area contributed by atoms with Gasteiger partial charge in [0, 0.05) is 25.1 Å². The summed E-state index contributed by atoms with van der Waals surface area (Å²) in [4.78, 5) is 16.4. The number of nitrogens with zero attached hydrogens (tertiary/aromatic N) is 3. The molecule has 1 amide bonds. The summed E-state index contributed by atoms with van der Waals surface area (Å²) in [7, 11) is 0. The third kappa shape index (κ3) is 3.21. The first-order valence-electron chi connectivity index (χ1n) is 7.17. The molecule has 0 aliphatic heterocycles. The van der Waals surface area contributed by atoms with Crippen LogP contribution in [0.3, 0.4) is 0 Å². The number of para-hydroxylation sites is 1. The number of carbonyl (C=O) groups is 1. The van der Waals surface area contributed by atoms with E-state index in [1.807, 2.05) is 18.2 Å². The SMILES string of the molecule is Cc1cccc(C(=O)NCc2ccnc(-n3cccn3)c2)c1O. The first kappa shape index (κ1) is 14.8. The number of phenols is 1. The highest BCUT2D eigenvalue weighted by Gasteiger charge is 2.12. The number of pyridine rings is 1. The van der Waals surface area contributed by atoms with Gasteiger partial charge in [-0.05, 0) is 42.3 Å². The molecule has 23 heavy (non-hydrogen) atoms. The number of phenolic OH excluding ortho intramolecular Hbond substituents is 1. The van der Waals surface area contributed by atoms with Crippen molar-refractivity contribution in [1.82, 2.24) is 20.1 Å². The van der Waals surface area contributed by atoms with Gasteiger partial charge in [-0.15, -0.1) is 0 Å². The number of aryl methyl sites for hydroxylation is 1. The van der Waals surface area contributed by atoms with E-state index in [9.17, 15) is 9.90 Å². The van der Waals surface area contributed by atoms with Crippen molar-refractivity contribution in [3.05, 3.63) is 71.7 Å². The molecule has 116 valence electrons.